The van der Waals surface area contributed by atoms with Gasteiger partial charge in [-0.3, -0.25) is 4.79 Å². The van der Waals surface area contributed by atoms with E-state index < -0.39 is 0 Å². The zero-order chi connectivity index (χ0) is 20.6. The zero-order valence-corrected chi connectivity index (χ0v) is 16.7. The number of hydrogen-bond acceptors (Lipinski definition) is 6. The van der Waals surface area contributed by atoms with Gasteiger partial charge in [-0.25, -0.2) is 0 Å². The minimum atomic E-state index is -0.348. The van der Waals surface area contributed by atoms with Crippen LogP contribution in [0.5, 0.6) is 11.5 Å². The summed E-state index contributed by atoms with van der Waals surface area (Å²) in [5.41, 5.74) is 1.89. The van der Waals surface area contributed by atoms with Crippen LogP contribution in [0.25, 0.3) is 0 Å². The van der Waals surface area contributed by atoms with Crippen LogP contribution < -0.4 is 20.1 Å². The number of rotatable bonds is 8. The second-order valence-corrected chi connectivity index (χ2v) is 6.62. The van der Waals surface area contributed by atoms with Crippen molar-refractivity contribution in [1.29, 1.82) is 0 Å². The predicted molar refractivity (Wildman–Crippen MR) is 113 cm³/mol. The van der Waals surface area contributed by atoms with E-state index in [1.807, 2.05) is 56.3 Å². The fourth-order valence-corrected chi connectivity index (χ4v) is 2.60. The van der Waals surface area contributed by atoms with Gasteiger partial charge < -0.3 is 20.1 Å². The molecule has 0 aliphatic rings. The predicted octanol–water partition coefficient (Wildman–Crippen LogP) is 4.14. The molecule has 0 atom stereocenters. The largest absolute Gasteiger partial charge is 0.497 e. The number of hydrogen-bond donors (Lipinski definition) is 2. The van der Waals surface area contributed by atoms with E-state index in [0.29, 0.717) is 23.8 Å². The van der Waals surface area contributed by atoms with E-state index in [2.05, 4.69) is 20.8 Å². The van der Waals surface area contributed by atoms with Gasteiger partial charge in [0.1, 0.15) is 17.3 Å². The highest BCUT2D eigenvalue weighted by atomic mass is 16.5. The quantitative estimate of drug-likeness (QED) is 0.599. The molecule has 0 fully saturated rings. The lowest BCUT2D eigenvalue weighted by molar-refractivity contribution is 0.102. The van der Waals surface area contributed by atoms with Crippen molar-refractivity contribution in [3.63, 3.8) is 0 Å². The summed E-state index contributed by atoms with van der Waals surface area (Å²) in [6.45, 7) is 4.45. The first kappa shape index (κ1) is 20.1. The first-order valence-electron chi connectivity index (χ1n) is 9.32. The third-order valence-electron chi connectivity index (χ3n) is 4.03. The van der Waals surface area contributed by atoms with Crippen molar-refractivity contribution >= 4 is 17.4 Å². The Bertz CT molecular complexity index is 941. The second-order valence-electron chi connectivity index (χ2n) is 6.62. The number of ether oxygens (including phenoxy) is 2. The number of methoxy groups -OCH3 is 1. The third kappa shape index (κ3) is 5.68. The van der Waals surface area contributed by atoms with Gasteiger partial charge in [0.05, 0.1) is 18.9 Å². The van der Waals surface area contributed by atoms with E-state index in [-0.39, 0.29) is 17.7 Å². The van der Waals surface area contributed by atoms with Gasteiger partial charge in [-0.15, -0.1) is 10.2 Å². The van der Waals surface area contributed by atoms with Gasteiger partial charge in [0.25, 0.3) is 5.91 Å². The molecule has 1 amide bonds. The molecule has 1 heterocycles. The molecule has 1 aromatic heterocycles. The summed E-state index contributed by atoms with van der Waals surface area (Å²) >= 11 is 0. The molecule has 0 aliphatic carbocycles. The molecule has 0 bridgehead atoms. The molecular weight excluding hydrogens is 368 g/mol. The van der Waals surface area contributed by atoms with Crippen LogP contribution in [0.2, 0.25) is 0 Å². The Kier molecular flexibility index (Phi) is 6.63. The van der Waals surface area contributed by atoms with Crippen LogP contribution in [0, 0.1) is 0 Å². The van der Waals surface area contributed by atoms with E-state index in [1.54, 1.807) is 25.3 Å². The molecule has 0 saturated heterocycles. The average Bonchev–Trinajstić information content (AvgIpc) is 2.74. The number of nitrogens with one attached hydrogen (secondary N) is 2. The number of anilines is 2. The van der Waals surface area contributed by atoms with E-state index in [0.717, 1.165) is 11.3 Å². The summed E-state index contributed by atoms with van der Waals surface area (Å²) in [6.07, 6.45) is 0.00361. The van der Waals surface area contributed by atoms with Crippen molar-refractivity contribution in [2.75, 3.05) is 17.7 Å². The maximum Gasteiger partial charge on any atom is 0.276 e. The summed E-state index contributed by atoms with van der Waals surface area (Å²) in [5.74, 6) is 1.66. The fraction of sp³-hybridized carbons (Fsp3) is 0.227. The smallest absolute Gasteiger partial charge is 0.276 e. The topological polar surface area (TPSA) is 85.4 Å². The van der Waals surface area contributed by atoms with Crippen LogP contribution in [0.3, 0.4) is 0 Å². The Hall–Kier alpha value is -3.61. The lowest BCUT2D eigenvalue weighted by atomic mass is 10.2. The monoisotopic (exact) mass is 392 g/mol. The highest BCUT2D eigenvalue weighted by Gasteiger charge is 2.12. The summed E-state index contributed by atoms with van der Waals surface area (Å²) in [5, 5.41) is 14.1. The number of carbonyl (C=O) groups is 1. The standard InChI is InChI=1S/C22H24N4O3/c1-15(2)29-20-7-5-4-6-18(20)24-22(27)19-12-13-21(26-25-19)23-14-16-8-10-17(28-3)11-9-16/h4-13,15H,14H2,1-3H3,(H,23,26)(H,24,27). The lowest BCUT2D eigenvalue weighted by Gasteiger charge is -2.14. The van der Waals surface area contributed by atoms with Crippen molar-refractivity contribution in [3.8, 4) is 11.5 Å². The first-order chi connectivity index (χ1) is 14.0. The van der Waals surface area contributed by atoms with Crippen LogP contribution >= 0.6 is 0 Å². The maximum absolute atomic E-state index is 12.5. The average molecular weight is 392 g/mol. The van der Waals surface area contributed by atoms with Crippen LogP contribution in [-0.2, 0) is 6.54 Å². The molecule has 0 spiro atoms. The van der Waals surface area contributed by atoms with Crippen molar-refractivity contribution in [3.05, 3.63) is 71.9 Å². The lowest BCUT2D eigenvalue weighted by Crippen LogP contribution is -2.16. The molecule has 2 N–H and O–H groups in total. The highest BCUT2D eigenvalue weighted by molar-refractivity contribution is 6.03. The minimum absolute atomic E-state index is 0.00361. The van der Waals surface area contributed by atoms with Gasteiger partial charge in [-0.2, -0.15) is 0 Å². The second kappa shape index (κ2) is 9.54. The molecule has 0 aliphatic heterocycles. The molecule has 0 radical (unpaired) electrons. The first-order valence-corrected chi connectivity index (χ1v) is 9.32. The zero-order valence-electron chi connectivity index (χ0n) is 16.7. The Labute approximate surface area is 170 Å². The fourth-order valence-electron chi connectivity index (χ4n) is 2.60. The van der Waals surface area contributed by atoms with Crippen LogP contribution in [0.15, 0.2) is 60.7 Å². The number of para-hydroxylation sites is 2. The molecule has 7 nitrogen and oxygen atoms in total. The Morgan fingerprint density at radius 2 is 1.76 bits per heavy atom. The van der Waals surface area contributed by atoms with Gasteiger partial charge in [0.2, 0.25) is 0 Å². The van der Waals surface area contributed by atoms with Crippen molar-refractivity contribution in [1.82, 2.24) is 10.2 Å². The molecule has 29 heavy (non-hydrogen) atoms. The van der Waals surface area contributed by atoms with Gasteiger partial charge in [0, 0.05) is 6.54 Å². The van der Waals surface area contributed by atoms with Gasteiger partial charge in [-0.1, -0.05) is 24.3 Å². The molecule has 0 saturated carbocycles. The van der Waals surface area contributed by atoms with Gasteiger partial charge >= 0.3 is 0 Å². The molecule has 2 aromatic carbocycles. The number of nitrogens with zero attached hydrogens (tertiary/aromatic N) is 2. The Balaban J connectivity index is 1.60. The van der Waals surface area contributed by atoms with Crippen molar-refractivity contribution in [2.45, 2.75) is 26.5 Å². The summed E-state index contributed by atoms with van der Waals surface area (Å²) in [4.78, 5) is 12.5. The van der Waals surface area contributed by atoms with Gasteiger partial charge in [-0.05, 0) is 55.8 Å². The van der Waals surface area contributed by atoms with Crippen molar-refractivity contribution < 1.29 is 14.3 Å². The molecule has 3 rings (SSSR count). The summed E-state index contributed by atoms with van der Waals surface area (Å²) < 4.78 is 10.9. The van der Waals surface area contributed by atoms with Crippen molar-refractivity contribution in [2.24, 2.45) is 0 Å². The molecule has 3 aromatic rings. The highest BCUT2D eigenvalue weighted by Crippen LogP contribution is 2.25. The van der Waals surface area contributed by atoms with Crippen LogP contribution in [0.1, 0.15) is 29.9 Å². The Morgan fingerprint density at radius 3 is 2.41 bits per heavy atom. The molecular formula is C22H24N4O3. The van der Waals surface area contributed by atoms with E-state index in [1.165, 1.54) is 0 Å². The van der Waals surface area contributed by atoms with Gasteiger partial charge in [0.15, 0.2) is 5.69 Å². The number of benzene rings is 2. The van der Waals surface area contributed by atoms with Crippen LogP contribution in [-0.4, -0.2) is 29.3 Å². The summed E-state index contributed by atoms with van der Waals surface area (Å²) in [7, 11) is 1.64. The SMILES string of the molecule is COc1ccc(CNc2ccc(C(=O)Nc3ccccc3OC(C)C)nn2)cc1. The number of carbonyl (C=O) groups excluding carboxylic acids is 1. The van der Waals surface area contributed by atoms with E-state index in [9.17, 15) is 4.79 Å². The molecule has 150 valence electrons. The Morgan fingerprint density at radius 1 is 1.00 bits per heavy atom. The maximum atomic E-state index is 12.5. The number of amides is 1. The van der Waals surface area contributed by atoms with E-state index in [4.69, 9.17) is 9.47 Å². The molecule has 0 unspecified atom stereocenters. The number of aromatic nitrogens is 2. The normalized spacial score (nSPS) is 10.5. The summed E-state index contributed by atoms with van der Waals surface area (Å²) in [6, 6.07) is 18.4. The van der Waals surface area contributed by atoms with E-state index >= 15 is 0 Å². The molecule has 7 heteroatoms. The minimum Gasteiger partial charge on any atom is -0.497 e. The third-order valence-corrected chi connectivity index (χ3v) is 4.03. The van der Waals surface area contributed by atoms with Crippen LogP contribution in [0.4, 0.5) is 11.5 Å².